The van der Waals surface area contributed by atoms with E-state index in [1.807, 2.05) is 0 Å². The van der Waals surface area contributed by atoms with Gasteiger partial charge in [-0.25, -0.2) is 17.4 Å². The van der Waals surface area contributed by atoms with Gasteiger partial charge in [-0.1, -0.05) is 45.4 Å². The Bertz CT molecular complexity index is 91.7. The zero-order valence-electron chi connectivity index (χ0n) is 9.53. The highest BCUT2D eigenvalue weighted by molar-refractivity contribution is 6.76. The van der Waals surface area contributed by atoms with Gasteiger partial charge in [-0.2, -0.15) is 5.28 Å². The van der Waals surface area contributed by atoms with Crippen LogP contribution in [0.2, 0.25) is 22.6 Å². The van der Waals surface area contributed by atoms with Gasteiger partial charge in [0.1, 0.15) is 13.1 Å². The molecule has 0 bridgehead atoms. The maximum Gasteiger partial charge on any atom is 0.124 e. The minimum atomic E-state index is -0.980. The van der Waals surface area contributed by atoms with Crippen molar-refractivity contribution in [2.24, 2.45) is 0 Å². The van der Waals surface area contributed by atoms with E-state index >= 15 is 0 Å². The summed E-state index contributed by atoms with van der Waals surface area (Å²) in [7, 11) is 0. The van der Waals surface area contributed by atoms with Crippen LogP contribution in [0.15, 0.2) is 0 Å². The topological polar surface area (TPSA) is 0 Å². The van der Waals surface area contributed by atoms with Gasteiger partial charge in [-0.3, -0.25) is 0 Å². The number of hydrogen-bond acceptors (Lipinski definition) is 0. The van der Waals surface area contributed by atoms with Gasteiger partial charge in [-0.05, 0) is 0 Å². The van der Waals surface area contributed by atoms with Crippen molar-refractivity contribution in [3.63, 3.8) is 0 Å². The zero-order valence-corrected chi connectivity index (χ0v) is 10.7. The summed E-state index contributed by atoms with van der Waals surface area (Å²) in [6.45, 7) is 2.28. The Morgan fingerprint density at radius 2 is 1.25 bits per heavy atom. The first-order chi connectivity index (χ1) is 5.56. The van der Waals surface area contributed by atoms with Crippen molar-refractivity contribution >= 4 is 13.1 Å². The molecule has 0 radical (unpaired) electrons. The molecule has 0 aromatic heterocycles. The molecule has 0 N–H and O–H groups in total. The molecule has 0 nitrogen and oxygen atoms in total. The molecule has 1 heteroatoms. The van der Waals surface area contributed by atoms with E-state index in [1.54, 1.807) is 5.28 Å². The fourth-order valence-corrected chi connectivity index (χ4v) is 3.05. The Morgan fingerprint density at radius 3 is 1.75 bits per heavy atom. The molecule has 0 atom stereocenters. The number of rotatable bonds is 7. The third-order valence-corrected chi connectivity index (χ3v) is 4.56. The van der Waals surface area contributed by atoms with E-state index in [0.717, 1.165) is 0 Å². The predicted octanol–water partition coefficient (Wildman–Crippen LogP) is 4.69. The SMILES string of the molecule is CCCCCCC[CH2][Al-]([CH3])([CH3])[CH3]. The predicted molar refractivity (Wildman–Crippen MR) is 61.5 cm³/mol. The second-order valence-corrected chi connectivity index (χ2v) is 12.0. The first-order valence-electron chi connectivity index (χ1n) is 5.85. The highest BCUT2D eigenvalue weighted by Gasteiger charge is 2.08. The maximum absolute atomic E-state index is 2.50. The monoisotopic (exact) mass is 185 g/mol. The fourth-order valence-electron chi connectivity index (χ4n) is 1.54. The highest BCUT2D eigenvalue weighted by Crippen LogP contribution is 2.15. The summed E-state index contributed by atoms with van der Waals surface area (Å²) in [5.74, 6) is 7.50. The molecule has 0 aromatic rings. The average molecular weight is 185 g/mol. The summed E-state index contributed by atoms with van der Waals surface area (Å²) < 4.78 is 0. The van der Waals surface area contributed by atoms with E-state index in [-0.39, 0.29) is 0 Å². The van der Waals surface area contributed by atoms with Crippen LogP contribution in [0.1, 0.15) is 45.4 Å². The Labute approximate surface area is 81.4 Å². The maximum atomic E-state index is 2.50. The van der Waals surface area contributed by atoms with Gasteiger partial charge in [0, 0.05) is 0 Å². The van der Waals surface area contributed by atoms with Crippen LogP contribution in [0.25, 0.3) is 0 Å². The summed E-state index contributed by atoms with van der Waals surface area (Å²) in [6.07, 6.45) is 8.73. The summed E-state index contributed by atoms with van der Waals surface area (Å²) >= 11 is -0.980. The molecule has 0 saturated carbocycles. The van der Waals surface area contributed by atoms with E-state index in [9.17, 15) is 0 Å². The van der Waals surface area contributed by atoms with Crippen LogP contribution >= 0.6 is 0 Å². The van der Waals surface area contributed by atoms with E-state index < -0.39 is 13.1 Å². The largest absolute Gasteiger partial charge is 0.204 e. The minimum Gasteiger partial charge on any atom is -0.204 e. The smallest absolute Gasteiger partial charge is 0.124 e. The number of hydrogen-bond donors (Lipinski definition) is 0. The van der Waals surface area contributed by atoms with Gasteiger partial charge in [0.15, 0.2) is 0 Å². The van der Waals surface area contributed by atoms with Gasteiger partial charge < -0.3 is 0 Å². The molecule has 0 aliphatic rings. The second-order valence-electron chi connectivity index (χ2n) is 5.51. The van der Waals surface area contributed by atoms with E-state index in [4.69, 9.17) is 0 Å². The van der Waals surface area contributed by atoms with Crippen LogP contribution in [0.5, 0.6) is 0 Å². The van der Waals surface area contributed by atoms with Crippen LogP contribution in [0.3, 0.4) is 0 Å². The molecule has 0 aliphatic heterocycles. The molecule has 74 valence electrons. The summed E-state index contributed by atoms with van der Waals surface area (Å²) in [5.41, 5.74) is 0. The van der Waals surface area contributed by atoms with Crippen molar-refractivity contribution < 1.29 is 0 Å². The lowest BCUT2D eigenvalue weighted by Gasteiger charge is -2.18. The van der Waals surface area contributed by atoms with Gasteiger partial charge in [-0.15, -0.1) is 0 Å². The van der Waals surface area contributed by atoms with Crippen molar-refractivity contribution in [3.8, 4) is 0 Å². The van der Waals surface area contributed by atoms with E-state index in [0.29, 0.717) is 0 Å². The third kappa shape index (κ3) is 10.5. The average Bonchev–Trinajstić information content (AvgIpc) is 1.94. The van der Waals surface area contributed by atoms with Gasteiger partial charge in [0.25, 0.3) is 0 Å². The second kappa shape index (κ2) is 6.99. The molecule has 0 rings (SSSR count). The Hall–Kier alpha value is 0.532. The Kier molecular flexibility index (Phi) is 7.30. The van der Waals surface area contributed by atoms with Crippen molar-refractivity contribution in [1.82, 2.24) is 0 Å². The minimum absolute atomic E-state index is 0.980. The molecule has 0 aromatic carbocycles. The van der Waals surface area contributed by atoms with Crippen LogP contribution in [0, 0.1) is 0 Å². The zero-order chi connectivity index (χ0) is 9.45. The lowest BCUT2D eigenvalue weighted by Crippen LogP contribution is -2.18. The van der Waals surface area contributed by atoms with Crippen molar-refractivity contribution in [2.75, 3.05) is 0 Å². The van der Waals surface area contributed by atoms with Crippen LogP contribution in [0.4, 0.5) is 0 Å². The molecule has 0 fully saturated rings. The van der Waals surface area contributed by atoms with Gasteiger partial charge >= 0.3 is 0 Å². The van der Waals surface area contributed by atoms with Crippen LogP contribution in [-0.2, 0) is 0 Å². The van der Waals surface area contributed by atoms with Crippen molar-refractivity contribution in [3.05, 3.63) is 0 Å². The summed E-state index contributed by atoms with van der Waals surface area (Å²) in [4.78, 5) is 0. The van der Waals surface area contributed by atoms with E-state index in [1.165, 1.54) is 38.5 Å². The molecule has 0 unspecified atom stereocenters. The highest BCUT2D eigenvalue weighted by atomic mass is 27.2. The standard InChI is InChI=1S/C8H17.3CH3.Al/c1-3-5-7-8-6-4-2;;;;/h1,3-8H2,2H3;3*1H3;/q;;;;-1. The molecule has 12 heavy (non-hydrogen) atoms. The van der Waals surface area contributed by atoms with Crippen LogP contribution in [-0.4, -0.2) is 13.1 Å². The normalized spacial score (nSPS) is 12.0. The Balaban J connectivity index is 3.01. The quantitative estimate of drug-likeness (QED) is 0.399. The van der Waals surface area contributed by atoms with Gasteiger partial charge in [0.2, 0.25) is 0 Å². The molecule has 0 amide bonds. The molecule has 0 heterocycles. The molecule has 0 aliphatic carbocycles. The lowest BCUT2D eigenvalue weighted by molar-refractivity contribution is 0.622. The molecular formula is C11H26Al-. The summed E-state index contributed by atoms with van der Waals surface area (Å²) in [5, 5.41) is 1.55. The summed E-state index contributed by atoms with van der Waals surface area (Å²) in [6, 6.07) is 0. The first kappa shape index (κ1) is 12.5. The Morgan fingerprint density at radius 1 is 0.750 bits per heavy atom. The van der Waals surface area contributed by atoms with Crippen molar-refractivity contribution in [2.45, 2.75) is 68.1 Å². The molecule has 0 spiro atoms. The molecular weight excluding hydrogens is 159 g/mol. The molecule has 0 saturated heterocycles. The third-order valence-electron chi connectivity index (χ3n) is 2.42. The lowest BCUT2D eigenvalue weighted by atomic mass is 10.1. The first-order valence-corrected chi connectivity index (χ1v) is 10.1. The van der Waals surface area contributed by atoms with Crippen molar-refractivity contribution in [1.29, 1.82) is 0 Å². The fraction of sp³-hybridized carbons (Fsp3) is 1.00. The van der Waals surface area contributed by atoms with Gasteiger partial charge in [0.05, 0.1) is 0 Å². The van der Waals surface area contributed by atoms with E-state index in [2.05, 4.69) is 24.3 Å². The van der Waals surface area contributed by atoms with Crippen LogP contribution < -0.4 is 0 Å². The number of unbranched alkanes of at least 4 members (excludes halogenated alkanes) is 5.